The van der Waals surface area contributed by atoms with Crippen LogP contribution in [0.2, 0.25) is 0 Å². The van der Waals surface area contributed by atoms with Crippen LogP contribution in [-0.4, -0.2) is 17.1 Å². The highest BCUT2D eigenvalue weighted by Gasteiger charge is 2.35. The van der Waals surface area contributed by atoms with Gasteiger partial charge in [0, 0.05) is 11.5 Å². The molecule has 0 aromatic heterocycles. The highest BCUT2D eigenvalue weighted by Crippen LogP contribution is 2.32. The van der Waals surface area contributed by atoms with Crippen LogP contribution in [0, 0.1) is 11.6 Å². The molecule has 5 heteroatoms. The van der Waals surface area contributed by atoms with Crippen molar-refractivity contribution in [2.45, 2.75) is 38.1 Å². The molecule has 2 atom stereocenters. The van der Waals surface area contributed by atoms with E-state index >= 15 is 0 Å². The van der Waals surface area contributed by atoms with E-state index in [0.717, 1.165) is 12.1 Å². The van der Waals surface area contributed by atoms with Gasteiger partial charge in [-0.25, -0.2) is 8.78 Å². The van der Waals surface area contributed by atoms with Crippen molar-refractivity contribution in [3.8, 4) is 0 Å². The van der Waals surface area contributed by atoms with Gasteiger partial charge in [0.1, 0.15) is 0 Å². The summed E-state index contributed by atoms with van der Waals surface area (Å²) >= 11 is 0. The summed E-state index contributed by atoms with van der Waals surface area (Å²) < 4.78 is 26.2. The summed E-state index contributed by atoms with van der Waals surface area (Å²) in [5.41, 5.74) is 5.42. The molecule has 0 aliphatic rings. The normalized spacial score (nSPS) is 16.1. The number of rotatable bonds is 5. The molecule has 0 aliphatic carbocycles. The molecule has 0 aliphatic heterocycles. The Labute approximate surface area is 105 Å². The third kappa shape index (κ3) is 2.85. The Bertz CT molecular complexity index is 451. The largest absolute Gasteiger partial charge is 0.481 e. The summed E-state index contributed by atoms with van der Waals surface area (Å²) in [5.74, 6) is -2.97. The lowest BCUT2D eigenvalue weighted by Crippen LogP contribution is -2.44. The van der Waals surface area contributed by atoms with Gasteiger partial charge in [0.05, 0.1) is 6.42 Å². The fourth-order valence-electron chi connectivity index (χ4n) is 2.06. The van der Waals surface area contributed by atoms with Crippen LogP contribution >= 0.6 is 0 Å². The van der Waals surface area contributed by atoms with Crippen LogP contribution in [-0.2, 0) is 10.2 Å². The first-order valence-electron chi connectivity index (χ1n) is 5.74. The molecule has 100 valence electrons. The SMILES string of the molecule is CCC(N)C(C)(CC(=O)O)c1ccc(F)c(F)c1. The fourth-order valence-corrected chi connectivity index (χ4v) is 2.06. The van der Waals surface area contributed by atoms with Gasteiger partial charge >= 0.3 is 5.97 Å². The Morgan fingerprint density at radius 2 is 2.06 bits per heavy atom. The summed E-state index contributed by atoms with van der Waals surface area (Å²) in [6.45, 7) is 3.48. The first-order valence-corrected chi connectivity index (χ1v) is 5.74. The van der Waals surface area contributed by atoms with Crippen LogP contribution in [0.3, 0.4) is 0 Å². The van der Waals surface area contributed by atoms with Crippen molar-refractivity contribution in [3.05, 3.63) is 35.4 Å². The molecule has 0 fully saturated rings. The predicted molar refractivity (Wildman–Crippen MR) is 64.2 cm³/mol. The second-order valence-corrected chi connectivity index (χ2v) is 4.63. The lowest BCUT2D eigenvalue weighted by Gasteiger charge is -2.34. The Kier molecular flexibility index (Phi) is 4.40. The number of hydrogen-bond donors (Lipinski definition) is 2. The molecule has 0 spiro atoms. The van der Waals surface area contributed by atoms with E-state index in [2.05, 4.69) is 0 Å². The minimum absolute atomic E-state index is 0.229. The van der Waals surface area contributed by atoms with Crippen molar-refractivity contribution < 1.29 is 18.7 Å². The standard InChI is InChI=1S/C13H17F2NO2/c1-3-11(16)13(2,7-12(17)18)8-4-5-9(14)10(15)6-8/h4-6,11H,3,7,16H2,1-2H3,(H,17,18). The van der Waals surface area contributed by atoms with Crippen molar-refractivity contribution in [1.29, 1.82) is 0 Å². The Hall–Kier alpha value is -1.49. The lowest BCUT2D eigenvalue weighted by atomic mass is 9.72. The zero-order chi connectivity index (χ0) is 13.9. The molecule has 2 unspecified atom stereocenters. The zero-order valence-electron chi connectivity index (χ0n) is 10.4. The maximum atomic E-state index is 13.3. The molecule has 0 heterocycles. The number of hydrogen-bond acceptors (Lipinski definition) is 2. The van der Waals surface area contributed by atoms with E-state index < -0.39 is 29.1 Å². The number of nitrogens with two attached hydrogens (primary N) is 1. The van der Waals surface area contributed by atoms with Crippen molar-refractivity contribution in [2.24, 2.45) is 5.73 Å². The molecule has 1 aromatic carbocycles. The van der Waals surface area contributed by atoms with E-state index in [9.17, 15) is 13.6 Å². The molecule has 0 radical (unpaired) electrons. The van der Waals surface area contributed by atoms with Gasteiger partial charge in [-0.05, 0) is 24.1 Å². The second-order valence-electron chi connectivity index (χ2n) is 4.63. The maximum absolute atomic E-state index is 13.3. The van der Waals surface area contributed by atoms with Crippen molar-refractivity contribution >= 4 is 5.97 Å². The molecular formula is C13H17F2NO2. The molecule has 0 amide bonds. The molecule has 0 saturated heterocycles. The van der Waals surface area contributed by atoms with Crippen LogP contribution in [0.5, 0.6) is 0 Å². The van der Waals surface area contributed by atoms with Crippen LogP contribution in [0.1, 0.15) is 32.3 Å². The maximum Gasteiger partial charge on any atom is 0.304 e. The minimum atomic E-state index is -1.02. The van der Waals surface area contributed by atoms with Gasteiger partial charge in [0.25, 0.3) is 0 Å². The Morgan fingerprint density at radius 1 is 1.44 bits per heavy atom. The van der Waals surface area contributed by atoms with Gasteiger partial charge in [-0.3, -0.25) is 4.79 Å². The van der Waals surface area contributed by atoms with Gasteiger partial charge in [-0.1, -0.05) is 19.9 Å². The van der Waals surface area contributed by atoms with E-state index in [-0.39, 0.29) is 6.42 Å². The van der Waals surface area contributed by atoms with E-state index in [1.54, 1.807) is 6.92 Å². The highest BCUT2D eigenvalue weighted by atomic mass is 19.2. The first-order chi connectivity index (χ1) is 8.31. The quantitative estimate of drug-likeness (QED) is 0.851. The molecule has 1 rings (SSSR count). The van der Waals surface area contributed by atoms with Gasteiger partial charge in [0.15, 0.2) is 11.6 Å². The average Bonchev–Trinajstić information content (AvgIpc) is 2.30. The van der Waals surface area contributed by atoms with Crippen LogP contribution in [0.15, 0.2) is 18.2 Å². The van der Waals surface area contributed by atoms with Crippen molar-refractivity contribution in [2.75, 3.05) is 0 Å². The lowest BCUT2D eigenvalue weighted by molar-refractivity contribution is -0.138. The molecule has 3 N–H and O–H groups in total. The number of carboxylic acid groups (broad SMARTS) is 1. The molecule has 1 aromatic rings. The van der Waals surface area contributed by atoms with Crippen molar-refractivity contribution in [1.82, 2.24) is 0 Å². The molecule has 0 bridgehead atoms. The number of halogens is 2. The van der Waals surface area contributed by atoms with Gasteiger partial charge in [-0.15, -0.1) is 0 Å². The third-order valence-electron chi connectivity index (χ3n) is 3.36. The second kappa shape index (κ2) is 5.44. The fraction of sp³-hybridized carbons (Fsp3) is 0.462. The summed E-state index contributed by atoms with van der Waals surface area (Å²) in [7, 11) is 0. The van der Waals surface area contributed by atoms with Gasteiger partial charge < -0.3 is 10.8 Å². The van der Waals surface area contributed by atoms with E-state index in [4.69, 9.17) is 10.8 Å². The monoisotopic (exact) mass is 257 g/mol. The number of aliphatic carboxylic acids is 1. The number of carbonyl (C=O) groups is 1. The van der Waals surface area contributed by atoms with E-state index in [1.165, 1.54) is 6.07 Å². The topological polar surface area (TPSA) is 63.3 Å². The summed E-state index contributed by atoms with van der Waals surface area (Å²) in [6.07, 6.45) is 0.315. The molecule has 18 heavy (non-hydrogen) atoms. The smallest absolute Gasteiger partial charge is 0.304 e. The Balaban J connectivity index is 3.24. The van der Waals surface area contributed by atoms with Crippen molar-refractivity contribution in [3.63, 3.8) is 0 Å². The molecule has 3 nitrogen and oxygen atoms in total. The summed E-state index contributed by atoms with van der Waals surface area (Å²) in [6, 6.07) is 2.95. The van der Waals surface area contributed by atoms with Gasteiger partial charge in [-0.2, -0.15) is 0 Å². The third-order valence-corrected chi connectivity index (χ3v) is 3.36. The average molecular weight is 257 g/mol. The number of benzene rings is 1. The summed E-state index contributed by atoms with van der Waals surface area (Å²) in [4.78, 5) is 10.9. The zero-order valence-corrected chi connectivity index (χ0v) is 10.4. The van der Waals surface area contributed by atoms with Crippen LogP contribution in [0.25, 0.3) is 0 Å². The molecule has 0 saturated carbocycles. The van der Waals surface area contributed by atoms with E-state index in [1.807, 2.05) is 6.92 Å². The minimum Gasteiger partial charge on any atom is -0.481 e. The predicted octanol–water partition coefficient (Wildman–Crippen LogP) is 2.43. The summed E-state index contributed by atoms with van der Waals surface area (Å²) in [5, 5.41) is 8.96. The highest BCUT2D eigenvalue weighted by molar-refractivity contribution is 5.69. The van der Waals surface area contributed by atoms with Crippen LogP contribution < -0.4 is 5.73 Å². The van der Waals surface area contributed by atoms with Crippen LogP contribution in [0.4, 0.5) is 8.78 Å². The van der Waals surface area contributed by atoms with Gasteiger partial charge in [0.2, 0.25) is 0 Å². The molecular weight excluding hydrogens is 240 g/mol. The number of carboxylic acids is 1. The Morgan fingerprint density at radius 3 is 2.50 bits per heavy atom. The van der Waals surface area contributed by atoms with E-state index in [0.29, 0.717) is 12.0 Å². The first kappa shape index (κ1) is 14.6.